The van der Waals surface area contributed by atoms with Gasteiger partial charge in [0.2, 0.25) is 11.0 Å². The van der Waals surface area contributed by atoms with Crippen molar-refractivity contribution in [1.82, 2.24) is 25.0 Å². The molecule has 1 atom stereocenters. The molecule has 0 saturated carbocycles. The number of amides is 1. The molecule has 3 aromatic rings. The summed E-state index contributed by atoms with van der Waals surface area (Å²) >= 11 is 14.6. The molecule has 8 nitrogen and oxygen atoms in total. The Morgan fingerprint density at radius 3 is 2.93 bits per heavy atom. The lowest BCUT2D eigenvalue weighted by molar-refractivity contribution is -0.113. The summed E-state index contributed by atoms with van der Waals surface area (Å²) in [4.78, 5) is 11.9. The summed E-state index contributed by atoms with van der Waals surface area (Å²) in [5.41, 5.74) is 1.55. The quantitative estimate of drug-likeness (QED) is 0.552. The van der Waals surface area contributed by atoms with E-state index in [2.05, 4.69) is 25.7 Å². The van der Waals surface area contributed by atoms with Gasteiger partial charge in [0.15, 0.2) is 17.1 Å². The number of rotatable bonds is 7. The fraction of sp³-hybridized carbons (Fsp3) is 0.267. The lowest BCUT2D eigenvalue weighted by Crippen LogP contribution is -2.14. The molecule has 0 fully saturated rings. The highest BCUT2D eigenvalue weighted by atomic mass is 35.5. The number of benzene rings is 1. The minimum Gasteiger partial charge on any atom is -0.481 e. The van der Waals surface area contributed by atoms with Crippen LogP contribution in [0.25, 0.3) is 0 Å². The number of anilines is 1. The molecule has 3 rings (SSSR count). The Labute approximate surface area is 173 Å². The second-order valence-electron chi connectivity index (χ2n) is 5.32. The topological polar surface area (TPSA) is 94.8 Å². The molecule has 0 aliphatic heterocycles. The molecular weight excluding hydrogens is 431 g/mol. The van der Waals surface area contributed by atoms with Crippen molar-refractivity contribution in [3.05, 3.63) is 39.6 Å². The summed E-state index contributed by atoms with van der Waals surface area (Å²) < 4.78 is 7.63. The van der Waals surface area contributed by atoms with Crippen LogP contribution in [0.1, 0.15) is 18.9 Å². The van der Waals surface area contributed by atoms with E-state index in [0.717, 1.165) is 0 Å². The van der Waals surface area contributed by atoms with Gasteiger partial charge in [0.25, 0.3) is 0 Å². The zero-order valence-electron chi connectivity index (χ0n) is 14.2. The number of thioether (sulfide) groups is 1. The maximum Gasteiger partial charge on any atom is 0.236 e. The number of ether oxygens (including phenoxy) is 1. The van der Waals surface area contributed by atoms with Gasteiger partial charge >= 0.3 is 0 Å². The Morgan fingerprint density at radius 1 is 1.37 bits per heavy atom. The number of nitrogens with one attached hydrogen (secondary N) is 1. The molecule has 1 aromatic carbocycles. The minimum absolute atomic E-state index is 0.168. The highest BCUT2D eigenvalue weighted by Crippen LogP contribution is 2.31. The van der Waals surface area contributed by atoms with Crippen molar-refractivity contribution in [2.24, 2.45) is 7.05 Å². The molecule has 142 valence electrons. The Hall–Kier alpha value is -1.88. The van der Waals surface area contributed by atoms with Gasteiger partial charge < -0.3 is 9.30 Å². The number of aromatic nitrogens is 5. The predicted octanol–water partition coefficient (Wildman–Crippen LogP) is 3.84. The highest BCUT2D eigenvalue weighted by molar-refractivity contribution is 7.99. The molecule has 1 amide bonds. The number of hydrogen-bond acceptors (Lipinski definition) is 8. The molecule has 0 spiro atoms. The van der Waals surface area contributed by atoms with Gasteiger partial charge in [0.1, 0.15) is 11.3 Å². The standard InChI is InChI=1S/C15H14Cl2N6O2S2/c1-8(25-11-5-9(16)3-4-10(11)17)13-20-22-15(23(13)2)26-6-12(24)19-14-21-18-7-27-14/h3-5,7-8H,6H2,1-2H3,(H,19,21,24). The largest absolute Gasteiger partial charge is 0.481 e. The first-order chi connectivity index (χ1) is 12.9. The first-order valence-corrected chi connectivity index (χ1v) is 10.3. The summed E-state index contributed by atoms with van der Waals surface area (Å²) in [5, 5.41) is 20.4. The van der Waals surface area contributed by atoms with Crippen LogP contribution < -0.4 is 10.1 Å². The normalized spacial score (nSPS) is 12.0. The number of halogens is 2. The Kier molecular flexibility index (Phi) is 6.53. The van der Waals surface area contributed by atoms with E-state index in [0.29, 0.717) is 31.9 Å². The van der Waals surface area contributed by atoms with Crippen LogP contribution >= 0.6 is 46.3 Å². The van der Waals surface area contributed by atoms with Crippen molar-refractivity contribution >= 4 is 57.3 Å². The van der Waals surface area contributed by atoms with Crippen molar-refractivity contribution < 1.29 is 9.53 Å². The van der Waals surface area contributed by atoms with Crippen LogP contribution in [-0.2, 0) is 11.8 Å². The molecule has 0 radical (unpaired) electrons. The van der Waals surface area contributed by atoms with Gasteiger partial charge in [-0.2, -0.15) is 0 Å². The third-order valence-electron chi connectivity index (χ3n) is 3.37. The summed E-state index contributed by atoms with van der Waals surface area (Å²) in [6.07, 6.45) is -0.414. The molecule has 2 heterocycles. The smallest absolute Gasteiger partial charge is 0.236 e. The zero-order valence-corrected chi connectivity index (χ0v) is 17.4. The van der Waals surface area contributed by atoms with Gasteiger partial charge in [0.05, 0.1) is 10.8 Å². The maximum absolute atomic E-state index is 11.9. The van der Waals surface area contributed by atoms with Crippen molar-refractivity contribution in [3.63, 3.8) is 0 Å². The van der Waals surface area contributed by atoms with Crippen LogP contribution in [0.4, 0.5) is 5.13 Å². The van der Waals surface area contributed by atoms with Crippen molar-refractivity contribution in [3.8, 4) is 5.75 Å². The molecule has 0 bridgehead atoms. The number of carbonyl (C=O) groups excluding carboxylic acids is 1. The molecule has 27 heavy (non-hydrogen) atoms. The van der Waals surface area contributed by atoms with Crippen LogP contribution in [0, 0.1) is 0 Å². The SMILES string of the molecule is CC(Oc1cc(Cl)ccc1Cl)c1nnc(SCC(=O)Nc2nncs2)n1C. The van der Waals surface area contributed by atoms with E-state index in [-0.39, 0.29) is 11.7 Å². The highest BCUT2D eigenvalue weighted by Gasteiger charge is 2.19. The van der Waals surface area contributed by atoms with Gasteiger partial charge in [-0.05, 0) is 19.1 Å². The molecule has 0 aliphatic carbocycles. The van der Waals surface area contributed by atoms with Crippen molar-refractivity contribution in [1.29, 1.82) is 0 Å². The summed E-state index contributed by atoms with van der Waals surface area (Å²) in [5.74, 6) is 1.03. The van der Waals surface area contributed by atoms with E-state index in [1.54, 1.807) is 35.3 Å². The third-order valence-corrected chi connectivity index (χ3v) is 5.54. The number of hydrogen-bond donors (Lipinski definition) is 1. The molecule has 12 heteroatoms. The first kappa shape index (κ1) is 19.9. The van der Waals surface area contributed by atoms with E-state index >= 15 is 0 Å². The second kappa shape index (κ2) is 8.87. The van der Waals surface area contributed by atoms with Crippen LogP contribution in [0.5, 0.6) is 5.75 Å². The van der Waals surface area contributed by atoms with E-state index in [4.69, 9.17) is 27.9 Å². The van der Waals surface area contributed by atoms with Crippen molar-refractivity contribution in [2.75, 3.05) is 11.1 Å². The average Bonchev–Trinajstić information content (AvgIpc) is 3.26. The monoisotopic (exact) mass is 444 g/mol. The summed E-state index contributed by atoms with van der Waals surface area (Å²) in [7, 11) is 1.81. The first-order valence-electron chi connectivity index (χ1n) is 7.64. The molecule has 0 aliphatic rings. The van der Waals surface area contributed by atoms with Crippen molar-refractivity contribution in [2.45, 2.75) is 18.2 Å². The second-order valence-corrected chi connectivity index (χ2v) is 7.93. The lowest BCUT2D eigenvalue weighted by atomic mass is 10.3. The van der Waals surface area contributed by atoms with Crippen LogP contribution in [-0.4, -0.2) is 36.6 Å². The van der Waals surface area contributed by atoms with Gasteiger partial charge in [-0.3, -0.25) is 10.1 Å². The average molecular weight is 445 g/mol. The minimum atomic E-state index is -0.414. The predicted molar refractivity (Wildman–Crippen MR) is 106 cm³/mol. The zero-order chi connectivity index (χ0) is 19.4. The fourth-order valence-corrected chi connectivity index (χ4v) is 3.63. The molecule has 1 N–H and O–H groups in total. The van der Waals surface area contributed by atoms with Gasteiger partial charge in [-0.1, -0.05) is 46.3 Å². The van der Waals surface area contributed by atoms with E-state index in [9.17, 15) is 4.79 Å². The van der Waals surface area contributed by atoms with Gasteiger partial charge in [-0.15, -0.1) is 20.4 Å². The lowest BCUT2D eigenvalue weighted by Gasteiger charge is -2.15. The molecule has 2 aromatic heterocycles. The third kappa shape index (κ3) is 5.10. The number of carbonyl (C=O) groups is 1. The van der Waals surface area contributed by atoms with Crippen LogP contribution in [0.3, 0.4) is 0 Å². The van der Waals surface area contributed by atoms with E-state index in [1.807, 2.05) is 6.92 Å². The Bertz CT molecular complexity index is 935. The van der Waals surface area contributed by atoms with Crippen LogP contribution in [0.2, 0.25) is 10.0 Å². The molecule has 1 unspecified atom stereocenters. The maximum atomic E-state index is 11.9. The fourth-order valence-electron chi connectivity index (χ4n) is 2.13. The number of nitrogens with zero attached hydrogens (tertiary/aromatic N) is 5. The molecular formula is C15H14Cl2N6O2S2. The summed E-state index contributed by atoms with van der Waals surface area (Å²) in [6, 6.07) is 5.00. The molecule has 0 saturated heterocycles. The van der Waals surface area contributed by atoms with Gasteiger partial charge in [0, 0.05) is 18.1 Å². The Balaban J connectivity index is 1.62. The van der Waals surface area contributed by atoms with Crippen LogP contribution in [0.15, 0.2) is 28.9 Å². The van der Waals surface area contributed by atoms with E-state index < -0.39 is 6.10 Å². The Morgan fingerprint density at radius 2 is 2.19 bits per heavy atom. The summed E-state index contributed by atoms with van der Waals surface area (Å²) in [6.45, 7) is 1.83. The van der Waals surface area contributed by atoms with Gasteiger partial charge in [-0.25, -0.2) is 0 Å². The van der Waals surface area contributed by atoms with E-state index in [1.165, 1.54) is 23.1 Å².